The van der Waals surface area contributed by atoms with Gasteiger partial charge in [-0.05, 0) is 61.2 Å². The monoisotopic (exact) mass is 636 g/mol. The second kappa shape index (κ2) is 17.6. The minimum atomic E-state index is -1.67. The Kier molecular flexibility index (Phi) is 14.1. The maximum atomic E-state index is 5.82. The van der Waals surface area contributed by atoms with Crippen molar-refractivity contribution in [3.8, 4) is 0 Å². The summed E-state index contributed by atoms with van der Waals surface area (Å²) in [6.45, 7) is 1.61. The summed E-state index contributed by atoms with van der Waals surface area (Å²) in [5.41, 5.74) is 1.26. The molecule has 4 aromatic carbocycles. The molecule has 0 amide bonds. The molecule has 200 valence electrons. The lowest BCUT2D eigenvalue weighted by Crippen LogP contribution is -3.00. The van der Waals surface area contributed by atoms with E-state index in [0.717, 1.165) is 13.2 Å². The average molecular weight is 637 g/mol. The van der Waals surface area contributed by atoms with Crippen molar-refractivity contribution in [3.63, 3.8) is 0 Å². The smallest absolute Gasteiger partial charge is 0.112 e. The van der Waals surface area contributed by atoms with Crippen LogP contribution >= 0.6 is 7.26 Å². The van der Waals surface area contributed by atoms with E-state index in [1.54, 1.807) is 0 Å². The fourth-order valence-electron chi connectivity index (χ4n) is 5.26. The van der Waals surface area contributed by atoms with Crippen LogP contribution in [0.4, 0.5) is 0 Å². The SMILES string of the molecule is [I-].c1ccc(COCCCCCCCCCC[P+](c2ccccc2)(c2ccccc2)c2ccccc2)cc1. The van der Waals surface area contributed by atoms with Gasteiger partial charge in [-0.25, -0.2) is 0 Å². The summed E-state index contributed by atoms with van der Waals surface area (Å²) in [6.07, 6.45) is 11.6. The van der Waals surface area contributed by atoms with Gasteiger partial charge in [0, 0.05) is 6.61 Å². The van der Waals surface area contributed by atoms with Gasteiger partial charge in [-0.15, -0.1) is 0 Å². The highest BCUT2D eigenvalue weighted by Gasteiger charge is 2.44. The second-order valence-corrected chi connectivity index (χ2v) is 13.5. The number of hydrogen-bond acceptors (Lipinski definition) is 1. The van der Waals surface area contributed by atoms with Crippen LogP contribution in [0.1, 0.15) is 56.9 Å². The zero-order valence-corrected chi connectivity index (χ0v) is 25.6. The summed E-state index contributed by atoms with van der Waals surface area (Å²) < 4.78 is 5.82. The molecular formula is C35H42IOP. The van der Waals surface area contributed by atoms with Gasteiger partial charge in [0.1, 0.15) is 23.2 Å². The van der Waals surface area contributed by atoms with Crippen molar-refractivity contribution < 1.29 is 28.7 Å². The number of halogens is 1. The molecule has 4 rings (SSSR count). The predicted molar refractivity (Wildman–Crippen MR) is 163 cm³/mol. The molecule has 0 heterocycles. The van der Waals surface area contributed by atoms with E-state index in [1.165, 1.54) is 79.0 Å². The molecule has 0 spiro atoms. The van der Waals surface area contributed by atoms with Crippen LogP contribution in [-0.4, -0.2) is 12.8 Å². The highest BCUT2D eigenvalue weighted by molar-refractivity contribution is 7.95. The lowest BCUT2D eigenvalue weighted by atomic mass is 10.1. The first kappa shape index (κ1) is 30.5. The first-order valence-electron chi connectivity index (χ1n) is 14.1. The summed E-state index contributed by atoms with van der Waals surface area (Å²) in [5, 5.41) is 4.51. The molecule has 4 aromatic rings. The van der Waals surface area contributed by atoms with Gasteiger partial charge in [0.05, 0.1) is 12.8 Å². The predicted octanol–water partition coefficient (Wildman–Crippen LogP) is 5.32. The van der Waals surface area contributed by atoms with Gasteiger partial charge < -0.3 is 28.7 Å². The summed E-state index contributed by atoms with van der Waals surface area (Å²) in [7, 11) is -1.67. The van der Waals surface area contributed by atoms with E-state index in [0.29, 0.717) is 0 Å². The summed E-state index contributed by atoms with van der Waals surface area (Å²) >= 11 is 0. The van der Waals surface area contributed by atoms with Crippen LogP contribution in [-0.2, 0) is 11.3 Å². The molecule has 0 aliphatic rings. The molecule has 0 bridgehead atoms. The number of ether oxygens (including phenoxy) is 1. The van der Waals surface area contributed by atoms with Crippen molar-refractivity contribution >= 4 is 23.2 Å². The normalized spacial score (nSPS) is 11.2. The first-order chi connectivity index (χ1) is 18.4. The van der Waals surface area contributed by atoms with Crippen molar-refractivity contribution in [1.29, 1.82) is 0 Å². The molecule has 0 aromatic heterocycles. The van der Waals surface area contributed by atoms with E-state index in [2.05, 4.69) is 121 Å². The zero-order chi connectivity index (χ0) is 25.4. The second-order valence-electron chi connectivity index (χ2n) is 9.91. The molecule has 0 fully saturated rings. The van der Waals surface area contributed by atoms with Crippen LogP contribution in [0.5, 0.6) is 0 Å². The van der Waals surface area contributed by atoms with Crippen LogP contribution in [0.15, 0.2) is 121 Å². The molecule has 0 atom stereocenters. The van der Waals surface area contributed by atoms with Crippen LogP contribution in [0.3, 0.4) is 0 Å². The largest absolute Gasteiger partial charge is 1.00 e. The number of rotatable bonds is 16. The number of hydrogen-bond donors (Lipinski definition) is 0. The molecule has 38 heavy (non-hydrogen) atoms. The van der Waals surface area contributed by atoms with E-state index in [9.17, 15) is 0 Å². The standard InChI is InChI=1S/C35H42OP.HI/c1(3-5-19-29-36-31-32-21-11-7-12-22-32)2-4-6-20-30-37(33-23-13-8-14-24-33,34-25-15-9-16-26-34)35-27-17-10-18-28-35;/h7-18,21-28H,1-6,19-20,29-31H2;1H/q+1;/p-1. The Labute approximate surface area is 248 Å². The van der Waals surface area contributed by atoms with Gasteiger partial charge in [0.25, 0.3) is 0 Å². The Morgan fingerprint density at radius 2 is 0.789 bits per heavy atom. The van der Waals surface area contributed by atoms with Crippen molar-refractivity contribution in [2.24, 2.45) is 0 Å². The van der Waals surface area contributed by atoms with Gasteiger partial charge in [-0.3, -0.25) is 0 Å². The molecule has 0 saturated carbocycles. The molecule has 0 aliphatic heterocycles. The zero-order valence-electron chi connectivity index (χ0n) is 22.6. The van der Waals surface area contributed by atoms with E-state index < -0.39 is 7.26 Å². The highest BCUT2D eigenvalue weighted by Crippen LogP contribution is 2.56. The molecule has 0 N–H and O–H groups in total. The quantitative estimate of drug-likeness (QED) is 0.0920. The molecule has 1 nitrogen and oxygen atoms in total. The summed E-state index contributed by atoms with van der Waals surface area (Å²) in [5.74, 6) is 0. The van der Waals surface area contributed by atoms with Gasteiger partial charge in [-0.1, -0.05) is 117 Å². The Morgan fingerprint density at radius 3 is 1.24 bits per heavy atom. The van der Waals surface area contributed by atoms with Gasteiger partial charge in [0.15, 0.2) is 0 Å². The summed E-state index contributed by atoms with van der Waals surface area (Å²) in [6, 6.07) is 44.3. The molecular weight excluding hydrogens is 594 g/mol. The van der Waals surface area contributed by atoms with Crippen LogP contribution in [0.25, 0.3) is 0 Å². The highest BCUT2D eigenvalue weighted by atomic mass is 127. The Balaban J connectivity index is 0.00000400. The Morgan fingerprint density at radius 1 is 0.421 bits per heavy atom. The van der Waals surface area contributed by atoms with Gasteiger partial charge >= 0.3 is 0 Å². The molecule has 3 heteroatoms. The third kappa shape index (κ3) is 9.04. The third-order valence-electron chi connectivity index (χ3n) is 7.23. The van der Waals surface area contributed by atoms with Crippen LogP contribution in [0.2, 0.25) is 0 Å². The first-order valence-corrected chi connectivity index (χ1v) is 16.0. The molecule has 0 unspecified atom stereocenters. The van der Waals surface area contributed by atoms with Gasteiger partial charge in [0.2, 0.25) is 0 Å². The minimum absolute atomic E-state index is 0. The van der Waals surface area contributed by atoms with E-state index in [1.807, 2.05) is 0 Å². The lowest BCUT2D eigenvalue weighted by Gasteiger charge is -2.27. The average Bonchev–Trinajstić information content (AvgIpc) is 2.98. The number of benzene rings is 4. The number of unbranched alkanes of at least 4 members (excludes halogenated alkanes) is 7. The van der Waals surface area contributed by atoms with E-state index >= 15 is 0 Å². The maximum Gasteiger partial charge on any atom is 0.112 e. The Bertz CT molecular complexity index is 1020. The topological polar surface area (TPSA) is 9.23 Å². The summed E-state index contributed by atoms with van der Waals surface area (Å²) in [4.78, 5) is 0. The van der Waals surface area contributed by atoms with Crippen molar-refractivity contribution in [1.82, 2.24) is 0 Å². The third-order valence-corrected chi connectivity index (χ3v) is 11.8. The van der Waals surface area contributed by atoms with Crippen LogP contribution in [0, 0.1) is 0 Å². The van der Waals surface area contributed by atoms with E-state index in [4.69, 9.17) is 4.74 Å². The van der Waals surface area contributed by atoms with Crippen LogP contribution < -0.4 is 39.9 Å². The molecule has 0 radical (unpaired) electrons. The van der Waals surface area contributed by atoms with Gasteiger partial charge in [-0.2, -0.15) is 0 Å². The van der Waals surface area contributed by atoms with Crippen molar-refractivity contribution in [2.45, 2.75) is 58.0 Å². The fourth-order valence-corrected chi connectivity index (χ4v) is 9.67. The lowest BCUT2D eigenvalue weighted by molar-refractivity contribution is -0.00000792. The van der Waals surface area contributed by atoms with Crippen molar-refractivity contribution in [2.75, 3.05) is 12.8 Å². The minimum Gasteiger partial charge on any atom is -1.00 e. The molecule has 0 saturated heterocycles. The molecule has 0 aliphatic carbocycles. The fraction of sp³-hybridized carbons (Fsp3) is 0.314. The Hall–Kier alpha value is -2.00. The van der Waals surface area contributed by atoms with E-state index in [-0.39, 0.29) is 24.0 Å². The maximum absolute atomic E-state index is 5.82. The van der Waals surface area contributed by atoms with Crippen molar-refractivity contribution in [3.05, 3.63) is 127 Å².